The van der Waals surface area contributed by atoms with Crippen LogP contribution in [0.15, 0.2) is 0 Å². The fourth-order valence-corrected chi connectivity index (χ4v) is 2.08. The van der Waals surface area contributed by atoms with Crippen LogP contribution >= 0.6 is 0 Å². The van der Waals surface area contributed by atoms with E-state index in [1.165, 1.54) is 25.7 Å². The fourth-order valence-electron chi connectivity index (χ4n) is 2.08. The first-order valence-electron chi connectivity index (χ1n) is 5.66. The number of likely N-dealkylation sites (N-methyl/N-ethyl adjacent to an activating group) is 1. The fraction of sp³-hybridized carbons (Fsp3) is 1.00. The molecule has 84 valence electrons. The van der Waals surface area contributed by atoms with Crippen LogP contribution in [0.4, 0.5) is 0 Å². The zero-order valence-electron chi connectivity index (χ0n) is 9.71. The second-order valence-electron chi connectivity index (χ2n) is 4.78. The number of hydrogen-bond donors (Lipinski definition) is 2. The van der Waals surface area contributed by atoms with Crippen LogP contribution in [0, 0.1) is 0 Å². The molecule has 0 radical (unpaired) electrons. The van der Waals surface area contributed by atoms with E-state index in [0.717, 1.165) is 13.1 Å². The molecule has 0 aromatic rings. The molecule has 0 amide bonds. The minimum absolute atomic E-state index is 0.242. The molecule has 0 aromatic carbocycles. The maximum Gasteiger partial charge on any atom is 0.0791 e. The first kappa shape index (κ1) is 12.0. The van der Waals surface area contributed by atoms with Gasteiger partial charge in [0.15, 0.2) is 0 Å². The highest BCUT2D eigenvalue weighted by Crippen LogP contribution is 2.34. The number of β-amino-alcohol motifs (C(OH)–C–C–N with tert-alkyl or cyclic N) is 1. The van der Waals surface area contributed by atoms with Crippen LogP contribution in [0.3, 0.4) is 0 Å². The Morgan fingerprint density at radius 1 is 1.43 bits per heavy atom. The molecule has 0 bridgehead atoms. The van der Waals surface area contributed by atoms with Crippen LogP contribution in [0.25, 0.3) is 0 Å². The Hall–Kier alpha value is -0.120. The van der Waals surface area contributed by atoms with Gasteiger partial charge in [0.25, 0.3) is 0 Å². The van der Waals surface area contributed by atoms with Crippen LogP contribution in [-0.2, 0) is 0 Å². The molecule has 0 aromatic heterocycles. The topological polar surface area (TPSA) is 35.5 Å². The van der Waals surface area contributed by atoms with Gasteiger partial charge in [0, 0.05) is 18.6 Å². The Morgan fingerprint density at radius 2 is 2.07 bits per heavy atom. The van der Waals surface area contributed by atoms with Gasteiger partial charge in [-0.3, -0.25) is 0 Å². The Morgan fingerprint density at radius 3 is 2.43 bits per heavy atom. The summed E-state index contributed by atoms with van der Waals surface area (Å²) in [6, 6.07) is 0. The van der Waals surface area contributed by atoms with Gasteiger partial charge in [-0.05, 0) is 39.8 Å². The van der Waals surface area contributed by atoms with Crippen molar-refractivity contribution in [3.63, 3.8) is 0 Å². The Kier molecular flexibility index (Phi) is 4.35. The average molecular weight is 200 g/mol. The molecule has 2 N–H and O–H groups in total. The lowest BCUT2D eigenvalue weighted by molar-refractivity contribution is 0.0997. The van der Waals surface area contributed by atoms with Crippen molar-refractivity contribution in [1.82, 2.24) is 10.2 Å². The standard InChI is InChI=1S/C11H24N2O/c1-4-11(6-5-7-11)12-8-10(14)9-13(2)3/h10,12,14H,4-9H2,1-3H3. The Bertz CT molecular complexity index is 161. The van der Waals surface area contributed by atoms with Crippen LogP contribution in [-0.4, -0.2) is 48.8 Å². The molecule has 3 nitrogen and oxygen atoms in total. The summed E-state index contributed by atoms with van der Waals surface area (Å²) in [5, 5.41) is 13.2. The van der Waals surface area contributed by atoms with E-state index < -0.39 is 0 Å². The number of nitrogens with one attached hydrogen (secondary N) is 1. The highest BCUT2D eigenvalue weighted by atomic mass is 16.3. The van der Waals surface area contributed by atoms with Crippen LogP contribution in [0.5, 0.6) is 0 Å². The van der Waals surface area contributed by atoms with Crippen molar-refractivity contribution in [3.8, 4) is 0 Å². The van der Waals surface area contributed by atoms with Crippen LogP contribution in [0.1, 0.15) is 32.6 Å². The largest absolute Gasteiger partial charge is 0.390 e. The molecule has 1 unspecified atom stereocenters. The summed E-state index contributed by atoms with van der Waals surface area (Å²) in [6.07, 6.45) is 4.83. The highest BCUT2D eigenvalue weighted by molar-refractivity contribution is 4.95. The molecule has 0 aliphatic heterocycles. The summed E-state index contributed by atoms with van der Waals surface area (Å²) in [4.78, 5) is 2.02. The van der Waals surface area contributed by atoms with E-state index >= 15 is 0 Å². The van der Waals surface area contributed by atoms with Gasteiger partial charge in [0.05, 0.1) is 6.10 Å². The zero-order valence-corrected chi connectivity index (χ0v) is 9.71. The van der Waals surface area contributed by atoms with E-state index in [1.54, 1.807) is 0 Å². The zero-order chi connectivity index (χ0) is 10.6. The van der Waals surface area contributed by atoms with Gasteiger partial charge in [0.1, 0.15) is 0 Å². The van der Waals surface area contributed by atoms with Gasteiger partial charge < -0.3 is 15.3 Å². The van der Waals surface area contributed by atoms with Crippen LogP contribution in [0.2, 0.25) is 0 Å². The van der Waals surface area contributed by atoms with Crippen molar-refractivity contribution in [2.45, 2.75) is 44.2 Å². The number of aliphatic hydroxyl groups excluding tert-OH is 1. The third kappa shape index (κ3) is 3.23. The second kappa shape index (κ2) is 5.10. The van der Waals surface area contributed by atoms with Gasteiger partial charge in [0.2, 0.25) is 0 Å². The second-order valence-corrected chi connectivity index (χ2v) is 4.78. The Labute approximate surface area is 87.5 Å². The van der Waals surface area contributed by atoms with Gasteiger partial charge in [-0.25, -0.2) is 0 Å². The minimum Gasteiger partial charge on any atom is -0.390 e. The van der Waals surface area contributed by atoms with Gasteiger partial charge in [-0.2, -0.15) is 0 Å². The third-order valence-electron chi connectivity index (χ3n) is 3.28. The molecule has 1 aliphatic rings. The Balaban J connectivity index is 2.18. The van der Waals surface area contributed by atoms with Gasteiger partial charge in [-0.15, -0.1) is 0 Å². The van der Waals surface area contributed by atoms with Crippen molar-refractivity contribution < 1.29 is 5.11 Å². The number of nitrogens with zero attached hydrogens (tertiary/aromatic N) is 1. The molecule has 0 spiro atoms. The quantitative estimate of drug-likeness (QED) is 0.667. The number of rotatable bonds is 6. The lowest BCUT2D eigenvalue weighted by atomic mass is 9.75. The van der Waals surface area contributed by atoms with E-state index in [4.69, 9.17) is 0 Å². The number of hydrogen-bond acceptors (Lipinski definition) is 3. The maximum absolute atomic E-state index is 9.69. The van der Waals surface area contributed by atoms with E-state index in [-0.39, 0.29) is 6.10 Å². The van der Waals surface area contributed by atoms with Crippen molar-refractivity contribution in [2.75, 3.05) is 27.2 Å². The van der Waals surface area contributed by atoms with Crippen LogP contribution < -0.4 is 5.32 Å². The summed E-state index contributed by atoms with van der Waals surface area (Å²) in [5.74, 6) is 0. The lowest BCUT2D eigenvalue weighted by Gasteiger charge is -2.43. The maximum atomic E-state index is 9.69. The van der Waals surface area contributed by atoms with Gasteiger partial charge >= 0.3 is 0 Å². The van der Waals surface area contributed by atoms with Crippen molar-refractivity contribution in [1.29, 1.82) is 0 Å². The normalized spacial score (nSPS) is 22.1. The molecule has 1 aliphatic carbocycles. The first-order chi connectivity index (χ1) is 6.58. The molecule has 1 saturated carbocycles. The minimum atomic E-state index is -0.242. The molecule has 14 heavy (non-hydrogen) atoms. The summed E-state index contributed by atoms with van der Waals surface area (Å²) in [6.45, 7) is 3.70. The van der Waals surface area contributed by atoms with E-state index in [2.05, 4.69) is 12.2 Å². The predicted molar refractivity (Wildman–Crippen MR) is 59.4 cm³/mol. The molecular weight excluding hydrogens is 176 g/mol. The molecule has 3 heteroatoms. The highest BCUT2D eigenvalue weighted by Gasteiger charge is 2.34. The molecular formula is C11H24N2O. The predicted octanol–water partition coefficient (Wildman–Crippen LogP) is 0.831. The summed E-state index contributed by atoms with van der Waals surface area (Å²) in [7, 11) is 3.98. The molecule has 1 rings (SSSR count). The number of aliphatic hydroxyl groups is 1. The van der Waals surface area contributed by atoms with E-state index in [9.17, 15) is 5.11 Å². The monoisotopic (exact) mass is 200 g/mol. The summed E-state index contributed by atoms with van der Waals surface area (Å²) in [5.41, 5.74) is 0.354. The SMILES string of the molecule is CCC1(NCC(O)CN(C)C)CCC1. The third-order valence-corrected chi connectivity index (χ3v) is 3.28. The van der Waals surface area contributed by atoms with E-state index in [0.29, 0.717) is 5.54 Å². The summed E-state index contributed by atoms with van der Waals surface area (Å²) < 4.78 is 0. The van der Waals surface area contributed by atoms with Crippen molar-refractivity contribution >= 4 is 0 Å². The summed E-state index contributed by atoms with van der Waals surface area (Å²) >= 11 is 0. The average Bonchev–Trinajstić information content (AvgIpc) is 2.01. The van der Waals surface area contributed by atoms with Gasteiger partial charge in [-0.1, -0.05) is 6.92 Å². The van der Waals surface area contributed by atoms with Crippen molar-refractivity contribution in [2.24, 2.45) is 0 Å². The lowest BCUT2D eigenvalue weighted by Crippen LogP contribution is -2.53. The van der Waals surface area contributed by atoms with Crippen molar-refractivity contribution in [3.05, 3.63) is 0 Å². The smallest absolute Gasteiger partial charge is 0.0791 e. The molecule has 0 heterocycles. The molecule has 1 fully saturated rings. The molecule has 1 atom stereocenters. The first-order valence-corrected chi connectivity index (χ1v) is 5.66. The van der Waals surface area contributed by atoms with E-state index in [1.807, 2.05) is 19.0 Å². The molecule has 0 saturated heterocycles.